The summed E-state index contributed by atoms with van der Waals surface area (Å²) < 4.78 is 11.5. The molecule has 1 aliphatic rings. The van der Waals surface area contributed by atoms with Crippen molar-refractivity contribution in [2.24, 2.45) is 0 Å². The number of pyridine rings is 1. The molecule has 1 fully saturated rings. The van der Waals surface area contributed by atoms with E-state index in [9.17, 15) is 0 Å². The van der Waals surface area contributed by atoms with E-state index in [0.29, 0.717) is 12.4 Å². The number of benzene rings is 1. The van der Waals surface area contributed by atoms with Crippen LogP contribution in [0, 0.1) is 0 Å². The second-order valence-electron chi connectivity index (χ2n) is 6.56. The average molecular weight is 340 g/mol. The smallest absolute Gasteiger partial charge is 0.163 e. The van der Waals surface area contributed by atoms with Gasteiger partial charge < -0.3 is 25.1 Å². The van der Waals surface area contributed by atoms with Crippen LogP contribution in [0.2, 0.25) is 0 Å². The lowest BCUT2D eigenvalue weighted by Gasteiger charge is -2.15. The Kier molecular flexibility index (Phi) is 4.36. The lowest BCUT2D eigenvalue weighted by molar-refractivity contribution is 0.254. The summed E-state index contributed by atoms with van der Waals surface area (Å²) in [6.07, 6.45) is 3.67. The predicted molar refractivity (Wildman–Crippen MR) is 100 cm³/mol. The molecule has 6 heteroatoms. The third-order valence-corrected chi connectivity index (χ3v) is 4.84. The second kappa shape index (κ2) is 6.80. The van der Waals surface area contributed by atoms with Gasteiger partial charge in [-0.2, -0.15) is 0 Å². The highest BCUT2D eigenvalue weighted by atomic mass is 16.5. The van der Waals surface area contributed by atoms with Crippen LogP contribution in [0.15, 0.2) is 24.3 Å². The first-order valence-corrected chi connectivity index (χ1v) is 8.86. The van der Waals surface area contributed by atoms with Crippen LogP contribution in [0.3, 0.4) is 0 Å². The maximum absolute atomic E-state index is 6.00. The van der Waals surface area contributed by atoms with Gasteiger partial charge >= 0.3 is 0 Å². The summed E-state index contributed by atoms with van der Waals surface area (Å²) in [7, 11) is 1.67. The van der Waals surface area contributed by atoms with Gasteiger partial charge in [0, 0.05) is 23.4 Å². The molecule has 0 unspecified atom stereocenters. The molecule has 3 N–H and O–H groups in total. The summed E-state index contributed by atoms with van der Waals surface area (Å²) in [6, 6.07) is 7.78. The number of nitrogens with two attached hydrogens (primary N) is 1. The van der Waals surface area contributed by atoms with Gasteiger partial charge in [-0.3, -0.25) is 0 Å². The number of hydrogen-bond donors (Lipinski definition) is 2. The molecule has 6 nitrogen and oxygen atoms in total. The molecular formula is C19H24N4O2. The van der Waals surface area contributed by atoms with E-state index in [2.05, 4.69) is 14.9 Å². The molecule has 1 saturated heterocycles. The molecule has 4 rings (SSSR count). The van der Waals surface area contributed by atoms with E-state index in [1.807, 2.05) is 24.3 Å². The number of H-pyrrole nitrogens is 1. The number of ether oxygens (including phenoxy) is 2. The van der Waals surface area contributed by atoms with Crippen LogP contribution in [0.5, 0.6) is 11.5 Å². The molecule has 2 aromatic heterocycles. The van der Waals surface area contributed by atoms with Gasteiger partial charge in [-0.25, -0.2) is 4.98 Å². The summed E-state index contributed by atoms with van der Waals surface area (Å²) in [5.74, 6) is 2.01. The maximum Gasteiger partial charge on any atom is 0.163 e. The molecule has 1 aliphatic heterocycles. The average Bonchev–Trinajstić information content (AvgIpc) is 3.24. The highest BCUT2D eigenvalue weighted by molar-refractivity contribution is 6.07. The van der Waals surface area contributed by atoms with Crippen LogP contribution < -0.4 is 15.2 Å². The number of nitrogens with zero attached hydrogens (tertiary/aromatic N) is 2. The minimum atomic E-state index is 0.504. The number of nitrogens with one attached hydrogen (secondary N) is 1. The van der Waals surface area contributed by atoms with E-state index < -0.39 is 0 Å². The lowest BCUT2D eigenvalue weighted by atomic mass is 10.1. The highest BCUT2D eigenvalue weighted by Gasteiger charge is 2.13. The Hall–Kier alpha value is -2.47. The third kappa shape index (κ3) is 3.22. The number of rotatable bonds is 6. The Labute approximate surface area is 146 Å². The summed E-state index contributed by atoms with van der Waals surface area (Å²) in [5, 5.41) is 2.09. The summed E-state index contributed by atoms with van der Waals surface area (Å²) in [6.45, 7) is 4.23. The van der Waals surface area contributed by atoms with Gasteiger partial charge in [0.1, 0.15) is 11.5 Å². The van der Waals surface area contributed by atoms with Gasteiger partial charge in [0.2, 0.25) is 0 Å². The van der Waals surface area contributed by atoms with Crippen molar-refractivity contribution in [3.63, 3.8) is 0 Å². The third-order valence-electron chi connectivity index (χ3n) is 4.84. The molecule has 0 radical (unpaired) electrons. The van der Waals surface area contributed by atoms with Crippen LogP contribution in [0.4, 0.5) is 5.82 Å². The quantitative estimate of drug-likeness (QED) is 0.674. The van der Waals surface area contributed by atoms with Gasteiger partial charge in [0.15, 0.2) is 11.5 Å². The van der Waals surface area contributed by atoms with Gasteiger partial charge in [-0.1, -0.05) is 0 Å². The Morgan fingerprint density at radius 3 is 2.80 bits per heavy atom. The molecule has 132 valence electrons. The van der Waals surface area contributed by atoms with E-state index >= 15 is 0 Å². The van der Waals surface area contributed by atoms with Crippen LogP contribution in [0.25, 0.3) is 21.9 Å². The van der Waals surface area contributed by atoms with E-state index in [0.717, 1.165) is 46.4 Å². The fourth-order valence-electron chi connectivity index (χ4n) is 3.55. The fraction of sp³-hybridized carbons (Fsp3) is 0.421. The molecule has 0 atom stereocenters. The van der Waals surface area contributed by atoms with Gasteiger partial charge in [-0.05, 0) is 50.6 Å². The van der Waals surface area contributed by atoms with Crippen molar-refractivity contribution in [2.75, 3.05) is 39.1 Å². The maximum atomic E-state index is 6.00. The zero-order chi connectivity index (χ0) is 17.2. The molecule has 0 aliphatic carbocycles. The zero-order valence-electron chi connectivity index (χ0n) is 14.5. The molecule has 25 heavy (non-hydrogen) atoms. The minimum absolute atomic E-state index is 0.504. The summed E-state index contributed by atoms with van der Waals surface area (Å²) >= 11 is 0. The van der Waals surface area contributed by atoms with E-state index in [-0.39, 0.29) is 0 Å². The van der Waals surface area contributed by atoms with Crippen LogP contribution in [0.1, 0.15) is 19.3 Å². The minimum Gasteiger partial charge on any atom is -0.493 e. The Bertz CT molecular complexity index is 884. The summed E-state index contributed by atoms with van der Waals surface area (Å²) in [5.41, 5.74) is 7.54. The van der Waals surface area contributed by atoms with Crippen molar-refractivity contribution < 1.29 is 9.47 Å². The first-order valence-electron chi connectivity index (χ1n) is 8.86. The highest BCUT2D eigenvalue weighted by Crippen LogP contribution is 2.35. The fourth-order valence-corrected chi connectivity index (χ4v) is 3.55. The standard InChI is InChI=1S/C19H24N4O2/c1-24-16-11-14-13-5-6-18(20)22-19(13)21-15(14)12-17(16)25-10-4-9-23-7-2-3-8-23/h5-6,11-12H,2-4,7-10H2,1H3,(H3,20,21,22). The zero-order valence-corrected chi connectivity index (χ0v) is 14.5. The van der Waals surface area contributed by atoms with E-state index in [1.165, 1.54) is 25.9 Å². The van der Waals surface area contributed by atoms with Crippen molar-refractivity contribution in [1.82, 2.24) is 14.9 Å². The van der Waals surface area contributed by atoms with Crippen molar-refractivity contribution in [1.29, 1.82) is 0 Å². The molecular weight excluding hydrogens is 316 g/mol. The van der Waals surface area contributed by atoms with E-state index in [1.54, 1.807) is 7.11 Å². The number of methoxy groups -OCH3 is 1. The van der Waals surface area contributed by atoms with Crippen molar-refractivity contribution in [3.8, 4) is 11.5 Å². The van der Waals surface area contributed by atoms with Crippen LogP contribution >= 0.6 is 0 Å². The normalized spacial score (nSPS) is 15.2. The SMILES string of the molecule is COc1cc2c(cc1OCCCN1CCCC1)[nH]c1nc(N)ccc12. The van der Waals surface area contributed by atoms with Crippen molar-refractivity contribution in [2.45, 2.75) is 19.3 Å². The molecule has 1 aromatic carbocycles. The number of fused-ring (bicyclic) bond motifs is 3. The number of hydrogen-bond acceptors (Lipinski definition) is 5. The Morgan fingerprint density at radius 1 is 1.16 bits per heavy atom. The van der Waals surface area contributed by atoms with Crippen molar-refractivity contribution in [3.05, 3.63) is 24.3 Å². The first-order chi connectivity index (χ1) is 12.2. The monoisotopic (exact) mass is 340 g/mol. The number of aromatic amines is 1. The number of likely N-dealkylation sites (tertiary alicyclic amines) is 1. The number of aromatic nitrogens is 2. The second-order valence-corrected chi connectivity index (χ2v) is 6.56. The number of nitrogen functional groups attached to an aromatic ring is 1. The molecule has 0 bridgehead atoms. The Morgan fingerprint density at radius 2 is 2.00 bits per heavy atom. The van der Waals surface area contributed by atoms with Gasteiger partial charge in [0.25, 0.3) is 0 Å². The number of anilines is 1. The predicted octanol–water partition coefficient (Wildman–Crippen LogP) is 3.17. The lowest BCUT2D eigenvalue weighted by Crippen LogP contribution is -2.21. The largest absolute Gasteiger partial charge is 0.493 e. The first kappa shape index (κ1) is 16.0. The summed E-state index contributed by atoms with van der Waals surface area (Å²) in [4.78, 5) is 10.2. The molecule has 0 spiro atoms. The van der Waals surface area contributed by atoms with Crippen molar-refractivity contribution >= 4 is 27.8 Å². The van der Waals surface area contributed by atoms with Gasteiger partial charge in [0.05, 0.1) is 19.2 Å². The van der Waals surface area contributed by atoms with Crippen LogP contribution in [-0.4, -0.2) is 48.2 Å². The van der Waals surface area contributed by atoms with Gasteiger partial charge in [-0.15, -0.1) is 0 Å². The van der Waals surface area contributed by atoms with Crippen LogP contribution in [-0.2, 0) is 0 Å². The molecule has 0 amide bonds. The van der Waals surface area contributed by atoms with E-state index in [4.69, 9.17) is 15.2 Å². The topological polar surface area (TPSA) is 76.4 Å². The molecule has 0 saturated carbocycles. The Balaban J connectivity index is 1.54. The molecule has 3 aromatic rings. The molecule has 3 heterocycles.